The molecule has 0 atom stereocenters. The van der Waals surface area contributed by atoms with Crippen LogP contribution < -0.4 is 9.62 Å². The molecule has 3 rings (SSSR count). The molecule has 0 spiro atoms. The number of benzene rings is 3. The first-order valence-electron chi connectivity index (χ1n) is 9.71. The van der Waals surface area contributed by atoms with Gasteiger partial charge in [-0.1, -0.05) is 35.9 Å². The molecule has 0 aliphatic heterocycles. The SMILES string of the molecule is CCOC(=O)c1cccc(NC(=O)CN(c2ccccc2)S(=O)(=O)c2ccc(Cl)cc2)c1. The summed E-state index contributed by atoms with van der Waals surface area (Å²) in [7, 11) is -4.05. The number of nitrogens with one attached hydrogen (secondary N) is 1. The lowest BCUT2D eigenvalue weighted by Gasteiger charge is -2.24. The van der Waals surface area contributed by atoms with Gasteiger partial charge in [0, 0.05) is 10.7 Å². The van der Waals surface area contributed by atoms with Crippen LogP contribution >= 0.6 is 11.6 Å². The van der Waals surface area contributed by atoms with Crippen molar-refractivity contribution >= 4 is 44.9 Å². The molecular formula is C23H21ClN2O5S. The molecule has 3 aromatic rings. The zero-order valence-electron chi connectivity index (χ0n) is 17.2. The first-order valence-corrected chi connectivity index (χ1v) is 11.5. The van der Waals surface area contributed by atoms with Crippen molar-refractivity contribution in [1.29, 1.82) is 0 Å². The summed E-state index contributed by atoms with van der Waals surface area (Å²) in [5.41, 5.74) is 0.952. The lowest BCUT2D eigenvalue weighted by Crippen LogP contribution is -2.38. The molecule has 1 N–H and O–H groups in total. The third kappa shape index (κ3) is 5.66. The summed E-state index contributed by atoms with van der Waals surface area (Å²) in [4.78, 5) is 24.7. The lowest BCUT2D eigenvalue weighted by molar-refractivity contribution is -0.114. The Bertz CT molecular complexity index is 1200. The number of para-hydroxylation sites is 1. The molecule has 0 saturated heterocycles. The molecule has 9 heteroatoms. The number of esters is 1. The first kappa shape index (κ1) is 23.3. The third-order valence-electron chi connectivity index (χ3n) is 4.39. The third-order valence-corrected chi connectivity index (χ3v) is 6.43. The molecule has 166 valence electrons. The highest BCUT2D eigenvalue weighted by atomic mass is 35.5. The molecule has 32 heavy (non-hydrogen) atoms. The standard InChI is InChI=1S/C23H21ClN2O5S/c1-2-31-23(28)17-7-6-8-19(15-17)25-22(27)16-26(20-9-4-3-5-10-20)32(29,30)21-13-11-18(24)12-14-21/h3-15H,2,16H2,1H3,(H,25,27). The maximum Gasteiger partial charge on any atom is 0.338 e. The summed E-state index contributed by atoms with van der Waals surface area (Å²) in [6.45, 7) is 1.45. The van der Waals surface area contributed by atoms with Gasteiger partial charge in [0.25, 0.3) is 10.0 Å². The van der Waals surface area contributed by atoms with Gasteiger partial charge in [0.2, 0.25) is 5.91 Å². The number of hydrogen-bond donors (Lipinski definition) is 1. The highest BCUT2D eigenvalue weighted by Crippen LogP contribution is 2.24. The van der Waals surface area contributed by atoms with Crippen LogP contribution in [0.4, 0.5) is 11.4 Å². The number of anilines is 2. The Hall–Kier alpha value is -3.36. The molecule has 0 aromatic heterocycles. The first-order chi connectivity index (χ1) is 15.3. The molecule has 0 bridgehead atoms. The number of carbonyl (C=O) groups is 2. The molecule has 3 aromatic carbocycles. The van der Waals surface area contributed by atoms with Crippen LogP contribution in [0.3, 0.4) is 0 Å². The van der Waals surface area contributed by atoms with Gasteiger partial charge in [-0.3, -0.25) is 9.10 Å². The van der Waals surface area contributed by atoms with Crippen LogP contribution in [-0.2, 0) is 19.6 Å². The van der Waals surface area contributed by atoms with E-state index in [4.69, 9.17) is 16.3 Å². The fraction of sp³-hybridized carbons (Fsp3) is 0.130. The van der Waals surface area contributed by atoms with E-state index in [0.717, 1.165) is 4.31 Å². The second-order valence-electron chi connectivity index (χ2n) is 6.65. The average Bonchev–Trinajstić information content (AvgIpc) is 2.78. The van der Waals surface area contributed by atoms with E-state index in [-0.39, 0.29) is 17.1 Å². The summed E-state index contributed by atoms with van der Waals surface area (Å²) in [6, 6.07) is 20.2. The van der Waals surface area contributed by atoms with E-state index in [1.165, 1.54) is 30.3 Å². The fourth-order valence-electron chi connectivity index (χ4n) is 2.91. The van der Waals surface area contributed by atoms with E-state index < -0.39 is 28.4 Å². The van der Waals surface area contributed by atoms with E-state index in [1.807, 2.05) is 0 Å². The van der Waals surface area contributed by atoms with Crippen LogP contribution in [0.25, 0.3) is 0 Å². The molecule has 0 aliphatic carbocycles. The van der Waals surface area contributed by atoms with Gasteiger partial charge in [-0.15, -0.1) is 0 Å². The second-order valence-corrected chi connectivity index (χ2v) is 8.95. The van der Waals surface area contributed by atoms with Crippen LogP contribution in [0.5, 0.6) is 0 Å². The number of nitrogens with zero attached hydrogens (tertiary/aromatic N) is 1. The van der Waals surface area contributed by atoms with Gasteiger partial charge in [0.15, 0.2) is 0 Å². The van der Waals surface area contributed by atoms with Crippen molar-refractivity contribution in [3.8, 4) is 0 Å². The van der Waals surface area contributed by atoms with Crippen LogP contribution in [-0.4, -0.2) is 33.4 Å². The second kappa shape index (κ2) is 10.3. The number of rotatable bonds is 8. The van der Waals surface area contributed by atoms with Crippen molar-refractivity contribution in [2.45, 2.75) is 11.8 Å². The van der Waals surface area contributed by atoms with Gasteiger partial charge in [-0.05, 0) is 61.5 Å². The molecule has 0 radical (unpaired) electrons. The molecule has 7 nitrogen and oxygen atoms in total. The smallest absolute Gasteiger partial charge is 0.338 e. The monoisotopic (exact) mass is 472 g/mol. The fourth-order valence-corrected chi connectivity index (χ4v) is 4.46. The number of amides is 1. The van der Waals surface area contributed by atoms with Crippen LogP contribution in [0.2, 0.25) is 5.02 Å². The highest BCUT2D eigenvalue weighted by molar-refractivity contribution is 7.92. The highest BCUT2D eigenvalue weighted by Gasteiger charge is 2.27. The number of halogens is 1. The zero-order valence-corrected chi connectivity index (χ0v) is 18.8. The molecule has 1 amide bonds. The molecular weight excluding hydrogens is 452 g/mol. The molecule has 0 saturated carbocycles. The van der Waals surface area contributed by atoms with Gasteiger partial charge in [0.05, 0.1) is 22.8 Å². The minimum Gasteiger partial charge on any atom is -0.462 e. The molecule has 0 aliphatic rings. The van der Waals surface area contributed by atoms with Gasteiger partial charge in [-0.2, -0.15) is 0 Å². The minimum absolute atomic E-state index is 0.00265. The Morgan fingerprint density at radius 2 is 1.66 bits per heavy atom. The zero-order chi connectivity index (χ0) is 23.1. The topological polar surface area (TPSA) is 92.8 Å². The molecule has 0 heterocycles. The predicted molar refractivity (Wildman–Crippen MR) is 123 cm³/mol. The Labute approximate surface area is 191 Å². The average molecular weight is 473 g/mol. The largest absolute Gasteiger partial charge is 0.462 e. The normalized spacial score (nSPS) is 10.9. The Balaban J connectivity index is 1.86. The summed E-state index contributed by atoms with van der Waals surface area (Å²) in [6.07, 6.45) is 0. The minimum atomic E-state index is -4.05. The van der Waals surface area contributed by atoms with Crippen molar-refractivity contribution < 1.29 is 22.7 Å². The maximum absolute atomic E-state index is 13.3. The Morgan fingerprint density at radius 1 is 0.969 bits per heavy atom. The summed E-state index contributed by atoms with van der Waals surface area (Å²) >= 11 is 5.88. The number of hydrogen-bond acceptors (Lipinski definition) is 5. The van der Waals surface area contributed by atoms with Crippen molar-refractivity contribution in [1.82, 2.24) is 0 Å². The van der Waals surface area contributed by atoms with Crippen molar-refractivity contribution in [2.24, 2.45) is 0 Å². The van der Waals surface area contributed by atoms with Crippen molar-refractivity contribution in [3.63, 3.8) is 0 Å². The van der Waals surface area contributed by atoms with Crippen molar-refractivity contribution in [3.05, 3.63) is 89.4 Å². The lowest BCUT2D eigenvalue weighted by atomic mass is 10.2. The van der Waals surface area contributed by atoms with Gasteiger partial charge < -0.3 is 10.1 Å². The summed E-state index contributed by atoms with van der Waals surface area (Å²) in [5, 5.41) is 3.04. The van der Waals surface area contributed by atoms with E-state index in [2.05, 4.69) is 5.32 Å². The van der Waals surface area contributed by atoms with E-state index in [1.54, 1.807) is 55.5 Å². The van der Waals surface area contributed by atoms with E-state index >= 15 is 0 Å². The number of ether oxygens (including phenoxy) is 1. The number of carbonyl (C=O) groups excluding carboxylic acids is 2. The predicted octanol–water partition coefficient (Wildman–Crippen LogP) is 4.35. The Kier molecular flexibility index (Phi) is 7.50. The molecule has 0 fully saturated rings. The quantitative estimate of drug-likeness (QED) is 0.492. The van der Waals surface area contributed by atoms with Gasteiger partial charge in [-0.25, -0.2) is 13.2 Å². The van der Waals surface area contributed by atoms with Crippen molar-refractivity contribution in [2.75, 3.05) is 22.8 Å². The summed E-state index contributed by atoms with van der Waals surface area (Å²) < 4.78 is 32.6. The maximum atomic E-state index is 13.3. The van der Waals surface area contributed by atoms with Crippen LogP contribution in [0.15, 0.2) is 83.8 Å². The van der Waals surface area contributed by atoms with E-state index in [0.29, 0.717) is 16.4 Å². The molecule has 0 unspecified atom stereocenters. The van der Waals surface area contributed by atoms with Gasteiger partial charge >= 0.3 is 5.97 Å². The van der Waals surface area contributed by atoms with E-state index in [9.17, 15) is 18.0 Å². The number of sulfonamides is 1. The van der Waals surface area contributed by atoms with Crippen LogP contribution in [0, 0.1) is 0 Å². The van der Waals surface area contributed by atoms with Crippen LogP contribution in [0.1, 0.15) is 17.3 Å². The summed E-state index contributed by atoms with van der Waals surface area (Å²) in [5.74, 6) is -1.09. The van der Waals surface area contributed by atoms with Gasteiger partial charge in [0.1, 0.15) is 6.54 Å². The Morgan fingerprint density at radius 3 is 2.31 bits per heavy atom.